The number of sulfonamides is 1. The first-order valence-electron chi connectivity index (χ1n) is 5.73. The third kappa shape index (κ3) is 3.58. The van der Waals surface area contributed by atoms with E-state index in [1.54, 1.807) is 0 Å². The second-order valence-electron chi connectivity index (χ2n) is 4.41. The van der Waals surface area contributed by atoms with E-state index in [0.29, 0.717) is 0 Å². The second-order valence-corrected chi connectivity index (χ2v) is 6.94. The Labute approximate surface area is 131 Å². The van der Waals surface area contributed by atoms with Crippen molar-refractivity contribution in [3.05, 3.63) is 51.8 Å². The Morgan fingerprint density at radius 1 is 1.10 bits per heavy atom. The number of rotatable bonds is 3. The lowest BCUT2D eigenvalue weighted by atomic mass is 10.2. The molecule has 3 N–H and O–H groups in total. The molecule has 8 heteroatoms. The van der Waals surface area contributed by atoms with Gasteiger partial charge in [0.25, 0.3) is 10.0 Å². The zero-order chi connectivity index (χ0) is 15.8. The highest BCUT2D eigenvalue weighted by Crippen LogP contribution is 2.27. The zero-order valence-electron chi connectivity index (χ0n) is 10.8. The van der Waals surface area contributed by atoms with Crippen molar-refractivity contribution >= 4 is 44.6 Å². The number of benzene rings is 2. The third-order valence-corrected chi connectivity index (χ3v) is 4.46. The minimum Gasteiger partial charge on any atom is -0.399 e. The number of anilines is 2. The molecule has 0 amide bonds. The first kappa shape index (κ1) is 15.9. The normalized spacial score (nSPS) is 11.4. The maximum atomic E-state index is 14.0. The van der Waals surface area contributed by atoms with Crippen molar-refractivity contribution < 1.29 is 12.8 Å². The number of hydrogen-bond donors (Lipinski definition) is 2. The molecule has 0 bridgehead atoms. The molecular weight excluding hydrogens is 338 g/mol. The predicted molar refractivity (Wildman–Crippen MR) is 82.8 cm³/mol. The minimum atomic E-state index is -4.14. The number of hydrogen-bond acceptors (Lipinski definition) is 3. The molecule has 0 spiro atoms. The lowest BCUT2D eigenvalue weighted by Gasteiger charge is -2.11. The summed E-state index contributed by atoms with van der Waals surface area (Å²) in [6, 6.07) is 6.58. The van der Waals surface area contributed by atoms with Crippen LogP contribution >= 0.6 is 23.2 Å². The molecule has 0 aliphatic carbocycles. The molecule has 0 atom stereocenters. The van der Waals surface area contributed by atoms with Crippen LogP contribution in [0.2, 0.25) is 10.0 Å². The van der Waals surface area contributed by atoms with Gasteiger partial charge in [0.15, 0.2) is 0 Å². The summed E-state index contributed by atoms with van der Waals surface area (Å²) in [5.41, 5.74) is 5.99. The van der Waals surface area contributed by atoms with E-state index >= 15 is 0 Å². The molecule has 0 unspecified atom stereocenters. The SMILES string of the molecule is Cc1cc(N)cc(S(=O)(=O)Nc2cc(Cl)cc(Cl)c2)c1F. The molecule has 0 saturated carbocycles. The van der Waals surface area contributed by atoms with E-state index < -0.39 is 20.7 Å². The summed E-state index contributed by atoms with van der Waals surface area (Å²) in [7, 11) is -4.14. The Bertz CT molecular complexity index is 790. The second kappa shape index (κ2) is 5.71. The van der Waals surface area contributed by atoms with Crippen molar-refractivity contribution in [2.75, 3.05) is 10.5 Å². The van der Waals surface area contributed by atoms with Crippen LogP contribution in [-0.4, -0.2) is 8.42 Å². The summed E-state index contributed by atoms with van der Waals surface area (Å²) in [4.78, 5) is -0.531. The van der Waals surface area contributed by atoms with Crippen molar-refractivity contribution in [1.82, 2.24) is 0 Å². The molecule has 4 nitrogen and oxygen atoms in total. The van der Waals surface area contributed by atoms with Gasteiger partial charge in [-0.1, -0.05) is 23.2 Å². The lowest BCUT2D eigenvalue weighted by Crippen LogP contribution is -2.15. The maximum absolute atomic E-state index is 14.0. The standard InChI is InChI=1S/C13H11Cl2FN2O2S/c1-7-2-10(17)6-12(13(7)16)21(19,20)18-11-4-8(14)3-9(15)5-11/h2-6,18H,17H2,1H3. The van der Waals surface area contributed by atoms with Crippen LogP contribution in [0, 0.1) is 12.7 Å². The fourth-order valence-electron chi connectivity index (χ4n) is 1.78. The number of aryl methyl sites for hydroxylation is 1. The van der Waals surface area contributed by atoms with Gasteiger partial charge in [-0.25, -0.2) is 12.8 Å². The van der Waals surface area contributed by atoms with Crippen molar-refractivity contribution in [2.24, 2.45) is 0 Å². The van der Waals surface area contributed by atoms with E-state index in [0.717, 1.165) is 6.07 Å². The Morgan fingerprint density at radius 3 is 2.24 bits per heavy atom. The van der Waals surface area contributed by atoms with Gasteiger partial charge in [-0.2, -0.15) is 0 Å². The van der Waals surface area contributed by atoms with Crippen molar-refractivity contribution in [3.8, 4) is 0 Å². The molecule has 0 fully saturated rings. The van der Waals surface area contributed by atoms with Gasteiger partial charge in [-0.15, -0.1) is 0 Å². The van der Waals surface area contributed by atoms with Crippen LogP contribution in [0.4, 0.5) is 15.8 Å². The summed E-state index contributed by atoms with van der Waals surface area (Å²) in [6.07, 6.45) is 0. The average Bonchev–Trinajstić information content (AvgIpc) is 2.31. The monoisotopic (exact) mass is 348 g/mol. The highest BCUT2D eigenvalue weighted by Gasteiger charge is 2.21. The Balaban J connectivity index is 2.48. The Morgan fingerprint density at radius 2 is 1.67 bits per heavy atom. The van der Waals surface area contributed by atoms with E-state index in [9.17, 15) is 12.8 Å². The molecule has 0 aliphatic heterocycles. The topological polar surface area (TPSA) is 72.2 Å². The first-order valence-corrected chi connectivity index (χ1v) is 7.97. The van der Waals surface area contributed by atoms with Crippen LogP contribution in [0.15, 0.2) is 35.2 Å². The molecule has 2 rings (SSSR count). The fourth-order valence-corrected chi connectivity index (χ4v) is 3.53. The van der Waals surface area contributed by atoms with Crippen molar-refractivity contribution in [2.45, 2.75) is 11.8 Å². The summed E-state index contributed by atoms with van der Waals surface area (Å²) >= 11 is 11.6. The van der Waals surface area contributed by atoms with Gasteiger partial charge in [0, 0.05) is 15.7 Å². The van der Waals surface area contributed by atoms with Crippen LogP contribution in [0.5, 0.6) is 0 Å². The largest absolute Gasteiger partial charge is 0.399 e. The molecule has 0 saturated heterocycles. The van der Waals surface area contributed by atoms with Gasteiger partial charge in [-0.3, -0.25) is 4.72 Å². The summed E-state index contributed by atoms with van der Waals surface area (Å²) in [5.74, 6) is -0.857. The van der Waals surface area contributed by atoms with E-state index in [4.69, 9.17) is 28.9 Å². The molecule has 0 aliphatic rings. The third-order valence-electron chi connectivity index (χ3n) is 2.65. The summed E-state index contributed by atoms with van der Waals surface area (Å²) in [6.45, 7) is 1.43. The van der Waals surface area contributed by atoms with Gasteiger partial charge in [-0.05, 0) is 42.8 Å². The fraction of sp³-hybridized carbons (Fsp3) is 0.0769. The maximum Gasteiger partial charge on any atom is 0.264 e. The van der Waals surface area contributed by atoms with Gasteiger partial charge < -0.3 is 5.73 Å². The van der Waals surface area contributed by atoms with Crippen LogP contribution in [0.1, 0.15) is 5.56 Å². The number of halogens is 3. The van der Waals surface area contributed by atoms with Gasteiger partial charge in [0.2, 0.25) is 0 Å². The number of nitrogen functional groups attached to an aromatic ring is 1. The van der Waals surface area contributed by atoms with Crippen LogP contribution in [0.3, 0.4) is 0 Å². The Kier molecular flexibility index (Phi) is 4.32. The van der Waals surface area contributed by atoms with Crippen LogP contribution in [-0.2, 0) is 10.0 Å². The molecule has 112 valence electrons. The van der Waals surface area contributed by atoms with E-state index in [1.807, 2.05) is 0 Å². The average molecular weight is 349 g/mol. The van der Waals surface area contributed by atoms with E-state index in [2.05, 4.69) is 4.72 Å². The molecule has 0 aromatic heterocycles. The van der Waals surface area contributed by atoms with Crippen molar-refractivity contribution in [3.63, 3.8) is 0 Å². The Hall–Kier alpha value is -1.50. The van der Waals surface area contributed by atoms with Gasteiger partial charge in [0.1, 0.15) is 10.7 Å². The number of nitrogens with two attached hydrogens (primary N) is 1. The minimum absolute atomic E-state index is 0.131. The van der Waals surface area contributed by atoms with E-state index in [-0.39, 0.29) is 27.0 Å². The van der Waals surface area contributed by atoms with Gasteiger partial charge >= 0.3 is 0 Å². The van der Waals surface area contributed by atoms with Crippen LogP contribution in [0.25, 0.3) is 0 Å². The molecular formula is C13H11Cl2FN2O2S. The first-order chi connectivity index (χ1) is 9.69. The van der Waals surface area contributed by atoms with E-state index in [1.165, 1.54) is 31.2 Å². The zero-order valence-corrected chi connectivity index (χ0v) is 13.2. The highest BCUT2D eigenvalue weighted by atomic mass is 35.5. The molecule has 2 aromatic carbocycles. The molecule has 2 aromatic rings. The number of nitrogens with one attached hydrogen (secondary N) is 1. The molecule has 0 radical (unpaired) electrons. The van der Waals surface area contributed by atoms with Gasteiger partial charge in [0.05, 0.1) is 5.69 Å². The molecule has 21 heavy (non-hydrogen) atoms. The van der Waals surface area contributed by atoms with Crippen molar-refractivity contribution in [1.29, 1.82) is 0 Å². The smallest absolute Gasteiger partial charge is 0.264 e. The predicted octanol–water partition coefficient (Wildman–Crippen LogP) is 3.82. The highest BCUT2D eigenvalue weighted by molar-refractivity contribution is 7.92. The van der Waals surface area contributed by atoms with Crippen LogP contribution < -0.4 is 10.5 Å². The summed E-state index contributed by atoms with van der Waals surface area (Å²) < 4.78 is 40.7. The lowest BCUT2D eigenvalue weighted by molar-refractivity contribution is 0.565. The molecule has 0 heterocycles. The quantitative estimate of drug-likeness (QED) is 0.828. The summed E-state index contributed by atoms with van der Waals surface area (Å²) in [5, 5.41) is 0.508.